The molecule has 0 unspecified atom stereocenters. The first kappa shape index (κ1) is 12.8. The van der Waals surface area contributed by atoms with Crippen molar-refractivity contribution in [3.63, 3.8) is 0 Å². The Bertz CT molecular complexity index is 593. The van der Waals surface area contributed by atoms with Gasteiger partial charge in [0.25, 0.3) is 0 Å². The highest BCUT2D eigenvalue weighted by molar-refractivity contribution is 6.04. The molecule has 0 fully saturated rings. The molecule has 2 nitrogen and oxygen atoms in total. The topological polar surface area (TPSA) is 37.3 Å². The summed E-state index contributed by atoms with van der Waals surface area (Å²) in [6.45, 7) is 0. The zero-order chi connectivity index (χ0) is 13.5. The summed E-state index contributed by atoms with van der Waals surface area (Å²) in [7, 11) is 0. The third kappa shape index (κ3) is 4.28. The second-order valence-electron chi connectivity index (χ2n) is 4.07. The van der Waals surface area contributed by atoms with Gasteiger partial charge in [-0.2, -0.15) is 0 Å². The standard InChI is InChI=1S/C17H14O2/c18-16(10-6-14-4-2-1-3-5-14)11-7-15-8-12-17(19)13-9-15/h1-13,19H. The summed E-state index contributed by atoms with van der Waals surface area (Å²) in [6.07, 6.45) is 6.54. The van der Waals surface area contributed by atoms with Gasteiger partial charge in [-0.3, -0.25) is 4.79 Å². The first-order valence-corrected chi connectivity index (χ1v) is 5.98. The third-order valence-corrected chi connectivity index (χ3v) is 2.57. The van der Waals surface area contributed by atoms with E-state index in [0.29, 0.717) is 0 Å². The summed E-state index contributed by atoms with van der Waals surface area (Å²) in [5, 5.41) is 9.14. The molecule has 0 aromatic heterocycles. The lowest BCUT2D eigenvalue weighted by Gasteiger charge is -1.93. The molecule has 0 aliphatic carbocycles. The van der Waals surface area contributed by atoms with Gasteiger partial charge in [-0.05, 0) is 35.4 Å². The minimum Gasteiger partial charge on any atom is -0.508 e. The van der Waals surface area contributed by atoms with E-state index in [0.717, 1.165) is 11.1 Å². The van der Waals surface area contributed by atoms with Gasteiger partial charge in [0, 0.05) is 0 Å². The summed E-state index contributed by atoms with van der Waals surface area (Å²) < 4.78 is 0. The van der Waals surface area contributed by atoms with Crippen LogP contribution in [-0.4, -0.2) is 10.9 Å². The van der Waals surface area contributed by atoms with E-state index in [1.807, 2.05) is 30.3 Å². The number of hydrogen-bond donors (Lipinski definition) is 1. The first-order chi connectivity index (χ1) is 9.24. The highest BCUT2D eigenvalue weighted by Gasteiger charge is 1.91. The van der Waals surface area contributed by atoms with Gasteiger partial charge in [0.05, 0.1) is 0 Å². The van der Waals surface area contributed by atoms with E-state index in [1.165, 1.54) is 12.2 Å². The SMILES string of the molecule is O=C(C=Cc1ccccc1)C=Cc1ccc(O)cc1. The average Bonchev–Trinajstić information content (AvgIpc) is 2.45. The van der Waals surface area contributed by atoms with Crippen molar-refractivity contribution in [2.24, 2.45) is 0 Å². The molecule has 0 amide bonds. The van der Waals surface area contributed by atoms with Crippen molar-refractivity contribution in [1.29, 1.82) is 0 Å². The second-order valence-corrected chi connectivity index (χ2v) is 4.07. The molecule has 19 heavy (non-hydrogen) atoms. The van der Waals surface area contributed by atoms with Crippen LogP contribution in [0.4, 0.5) is 0 Å². The van der Waals surface area contributed by atoms with Crippen molar-refractivity contribution >= 4 is 17.9 Å². The lowest BCUT2D eigenvalue weighted by molar-refractivity contribution is -0.110. The Morgan fingerprint density at radius 2 is 1.32 bits per heavy atom. The molecular formula is C17H14O2. The number of rotatable bonds is 4. The highest BCUT2D eigenvalue weighted by atomic mass is 16.3. The van der Waals surface area contributed by atoms with Crippen molar-refractivity contribution in [1.82, 2.24) is 0 Å². The van der Waals surface area contributed by atoms with Crippen molar-refractivity contribution in [3.8, 4) is 5.75 Å². The van der Waals surface area contributed by atoms with Crippen LogP contribution in [-0.2, 0) is 4.79 Å². The maximum absolute atomic E-state index is 11.6. The predicted molar refractivity (Wildman–Crippen MR) is 77.6 cm³/mol. The Kier molecular flexibility index (Phi) is 4.29. The van der Waals surface area contributed by atoms with Crippen LogP contribution in [0.1, 0.15) is 11.1 Å². The lowest BCUT2D eigenvalue weighted by atomic mass is 10.1. The summed E-state index contributed by atoms with van der Waals surface area (Å²) in [5.74, 6) is 0.143. The van der Waals surface area contributed by atoms with Crippen LogP contribution in [0.25, 0.3) is 12.2 Å². The van der Waals surface area contributed by atoms with Crippen LogP contribution in [0, 0.1) is 0 Å². The van der Waals surface area contributed by atoms with Crippen LogP contribution in [0.2, 0.25) is 0 Å². The smallest absolute Gasteiger partial charge is 0.178 e. The number of carbonyl (C=O) groups excluding carboxylic acids is 1. The van der Waals surface area contributed by atoms with Crippen molar-refractivity contribution in [2.75, 3.05) is 0 Å². The summed E-state index contributed by atoms with van der Waals surface area (Å²) >= 11 is 0. The molecular weight excluding hydrogens is 236 g/mol. The molecule has 0 atom stereocenters. The van der Waals surface area contributed by atoms with Crippen molar-refractivity contribution in [2.45, 2.75) is 0 Å². The molecule has 0 radical (unpaired) electrons. The van der Waals surface area contributed by atoms with Gasteiger partial charge < -0.3 is 5.11 Å². The largest absolute Gasteiger partial charge is 0.508 e. The van der Waals surface area contributed by atoms with E-state index in [4.69, 9.17) is 5.11 Å². The van der Waals surface area contributed by atoms with Crippen LogP contribution in [0.3, 0.4) is 0 Å². The maximum atomic E-state index is 11.6. The zero-order valence-electron chi connectivity index (χ0n) is 10.4. The molecule has 94 valence electrons. The highest BCUT2D eigenvalue weighted by Crippen LogP contribution is 2.10. The predicted octanol–water partition coefficient (Wildman–Crippen LogP) is 3.69. The van der Waals surface area contributed by atoms with Gasteiger partial charge in [0.1, 0.15) is 5.75 Å². The Balaban J connectivity index is 1.98. The second kappa shape index (κ2) is 6.36. The van der Waals surface area contributed by atoms with Crippen LogP contribution < -0.4 is 0 Å². The molecule has 1 N–H and O–H groups in total. The Hall–Kier alpha value is -2.61. The van der Waals surface area contributed by atoms with Gasteiger partial charge in [-0.25, -0.2) is 0 Å². The molecule has 2 heteroatoms. The Morgan fingerprint density at radius 1 is 0.789 bits per heavy atom. The van der Waals surface area contributed by atoms with Crippen LogP contribution in [0.5, 0.6) is 5.75 Å². The number of hydrogen-bond acceptors (Lipinski definition) is 2. The molecule has 2 aromatic carbocycles. The van der Waals surface area contributed by atoms with Gasteiger partial charge >= 0.3 is 0 Å². The van der Waals surface area contributed by atoms with E-state index < -0.39 is 0 Å². The quantitative estimate of drug-likeness (QED) is 0.840. The van der Waals surface area contributed by atoms with E-state index in [-0.39, 0.29) is 11.5 Å². The molecule has 0 spiro atoms. The van der Waals surface area contributed by atoms with Gasteiger partial charge in [-0.1, -0.05) is 54.6 Å². The number of ketones is 1. The van der Waals surface area contributed by atoms with E-state index in [9.17, 15) is 4.79 Å². The van der Waals surface area contributed by atoms with Crippen LogP contribution in [0.15, 0.2) is 66.7 Å². The van der Waals surface area contributed by atoms with Crippen molar-refractivity contribution in [3.05, 3.63) is 77.9 Å². The Labute approximate surface area is 112 Å². The number of aromatic hydroxyl groups is 1. The summed E-state index contributed by atoms with van der Waals surface area (Å²) in [6, 6.07) is 16.3. The molecule has 2 rings (SSSR count). The van der Waals surface area contributed by atoms with Gasteiger partial charge in [0.2, 0.25) is 0 Å². The van der Waals surface area contributed by atoms with E-state index in [1.54, 1.807) is 36.4 Å². The maximum Gasteiger partial charge on any atom is 0.178 e. The number of phenols is 1. The lowest BCUT2D eigenvalue weighted by Crippen LogP contribution is -1.84. The molecule has 2 aromatic rings. The first-order valence-electron chi connectivity index (χ1n) is 5.98. The molecule has 0 aliphatic heterocycles. The number of phenolic OH excluding ortho intramolecular Hbond substituents is 1. The normalized spacial score (nSPS) is 11.2. The molecule has 0 heterocycles. The van der Waals surface area contributed by atoms with E-state index >= 15 is 0 Å². The third-order valence-electron chi connectivity index (χ3n) is 2.57. The molecule has 0 aliphatic rings. The van der Waals surface area contributed by atoms with Crippen molar-refractivity contribution < 1.29 is 9.90 Å². The fourth-order valence-corrected chi connectivity index (χ4v) is 1.56. The number of allylic oxidation sites excluding steroid dienone is 2. The monoisotopic (exact) mass is 250 g/mol. The van der Waals surface area contributed by atoms with Gasteiger partial charge in [-0.15, -0.1) is 0 Å². The minimum absolute atomic E-state index is 0.0723. The zero-order valence-corrected chi connectivity index (χ0v) is 10.4. The van der Waals surface area contributed by atoms with Gasteiger partial charge in [0.15, 0.2) is 5.78 Å². The fourth-order valence-electron chi connectivity index (χ4n) is 1.56. The molecule has 0 bridgehead atoms. The summed E-state index contributed by atoms with van der Waals surface area (Å²) in [5.41, 5.74) is 1.87. The minimum atomic E-state index is -0.0723. The Morgan fingerprint density at radius 3 is 1.89 bits per heavy atom. The molecule has 0 saturated carbocycles. The fraction of sp³-hybridized carbons (Fsp3) is 0. The summed E-state index contributed by atoms with van der Waals surface area (Å²) in [4.78, 5) is 11.6. The van der Waals surface area contributed by atoms with Crippen LogP contribution >= 0.6 is 0 Å². The average molecular weight is 250 g/mol. The van der Waals surface area contributed by atoms with E-state index in [2.05, 4.69) is 0 Å². The number of carbonyl (C=O) groups is 1. The number of benzene rings is 2. The molecule has 0 saturated heterocycles.